The fourth-order valence-corrected chi connectivity index (χ4v) is 4.81. The van der Waals surface area contributed by atoms with Gasteiger partial charge >= 0.3 is 6.03 Å². The number of amides is 2. The monoisotopic (exact) mass is 474 g/mol. The molecule has 3 aromatic rings. The number of benzene rings is 2. The topological polar surface area (TPSA) is 82.2 Å². The van der Waals surface area contributed by atoms with Crippen LogP contribution in [0.4, 0.5) is 22.2 Å². The van der Waals surface area contributed by atoms with Gasteiger partial charge in [0.2, 0.25) is 5.95 Å². The van der Waals surface area contributed by atoms with E-state index in [0.717, 1.165) is 53.7 Å². The first kappa shape index (κ1) is 24.8. The van der Waals surface area contributed by atoms with E-state index in [0.29, 0.717) is 24.5 Å². The van der Waals surface area contributed by atoms with Crippen LogP contribution < -0.4 is 20.9 Å². The Hall–Kier alpha value is -3.35. The molecule has 4 rings (SSSR count). The zero-order chi connectivity index (χ0) is 25.0. The van der Waals surface area contributed by atoms with Crippen LogP contribution in [0.15, 0.2) is 48.5 Å². The smallest absolute Gasteiger partial charge is 0.319 e. The Labute approximate surface area is 208 Å². The number of fused-ring (bicyclic) bond motifs is 1. The van der Waals surface area contributed by atoms with Crippen molar-refractivity contribution in [2.24, 2.45) is 5.92 Å². The average molecular weight is 475 g/mol. The number of aromatic nitrogens is 2. The molecule has 1 fully saturated rings. The van der Waals surface area contributed by atoms with Crippen LogP contribution in [-0.2, 0) is 5.41 Å². The summed E-state index contributed by atoms with van der Waals surface area (Å²) < 4.78 is 0. The number of carbonyl (C=O) groups is 1. The largest absolute Gasteiger partial charge is 0.362 e. The third-order valence-electron chi connectivity index (χ3n) is 6.72. The predicted octanol–water partition coefficient (Wildman–Crippen LogP) is 5.79. The van der Waals surface area contributed by atoms with E-state index in [1.807, 2.05) is 55.4 Å². The number of carbonyl (C=O) groups excluding carboxylic acids is 1. The molecule has 35 heavy (non-hydrogen) atoms. The van der Waals surface area contributed by atoms with Crippen LogP contribution in [-0.4, -0.2) is 42.7 Å². The van der Waals surface area contributed by atoms with E-state index < -0.39 is 0 Å². The molecule has 0 unspecified atom stereocenters. The minimum Gasteiger partial charge on any atom is -0.362 e. The van der Waals surface area contributed by atoms with E-state index in [2.05, 4.69) is 48.9 Å². The Morgan fingerprint density at radius 1 is 0.971 bits per heavy atom. The lowest BCUT2D eigenvalue weighted by Gasteiger charge is -2.29. The van der Waals surface area contributed by atoms with Crippen LogP contribution in [0.25, 0.3) is 10.9 Å². The van der Waals surface area contributed by atoms with E-state index in [9.17, 15) is 4.79 Å². The summed E-state index contributed by atoms with van der Waals surface area (Å²) in [5, 5.41) is 10.7. The SMILES string of the molecule is CN(C)c1nc(NC2CCC(CNC(=O)Nc3ccccc3C(C)(C)C)CC2)nc2ccccc12. The summed E-state index contributed by atoms with van der Waals surface area (Å²) in [5.41, 5.74) is 2.93. The Morgan fingerprint density at radius 3 is 2.37 bits per heavy atom. The minimum absolute atomic E-state index is 0.0304. The van der Waals surface area contributed by atoms with Crippen molar-refractivity contribution < 1.29 is 4.79 Å². The number of nitrogens with one attached hydrogen (secondary N) is 3. The van der Waals surface area contributed by atoms with Gasteiger partial charge in [0.1, 0.15) is 5.82 Å². The molecule has 0 atom stereocenters. The number of hydrogen-bond donors (Lipinski definition) is 3. The van der Waals surface area contributed by atoms with Crippen LogP contribution in [0, 0.1) is 5.92 Å². The van der Waals surface area contributed by atoms with Crippen molar-refractivity contribution in [2.45, 2.75) is 57.9 Å². The van der Waals surface area contributed by atoms with Gasteiger partial charge in [-0.2, -0.15) is 4.98 Å². The highest BCUT2D eigenvalue weighted by Crippen LogP contribution is 2.30. The van der Waals surface area contributed by atoms with Gasteiger partial charge in [-0.3, -0.25) is 0 Å². The summed E-state index contributed by atoms with van der Waals surface area (Å²) in [4.78, 5) is 24.1. The number of rotatable bonds is 6. The summed E-state index contributed by atoms with van der Waals surface area (Å²) in [6, 6.07) is 16.3. The van der Waals surface area contributed by atoms with Crippen LogP contribution in [0.3, 0.4) is 0 Å². The Balaban J connectivity index is 1.28. The second kappa shape index (κ2) is 10.5. The van der Waals surface area contributed by atoms with Crippen molar-refractivity contribution in [1.82, 2.24) is 15.3 Å². The molecule has 7 heteroatoms. The van der Waals surface area contributed by atoms with E-state index in [-0.39, 0.29) is 11.4 Å². The highest BCUT2D eigenvalue weighted by molar-refractivity contribution is 5.91. The van der Waals surface area contributed by atoms with Crippen molar-refractivity contribution in [3.8, 4) is 0 Å². The molecule has 0 saturated heterocycles. The zero-order valence-electron chi connectivity index (χ0n) is 21.6. The van der Waals surface area contributed by atoms with Gasteiger partial charge in [-0.25, -0.2) is 9.78 Å². The lowest BCUT2D eigenvalue weighted by atomic mass is 9.85. The van der Waals surface area contributed by atoms with Gasteiger partial charge in [0.05, 0.1) is 5.52 Å². The van der Waals surface area contributed by atoms with Gasteiger partial charge < -0.3 is 20.9 Å². The molecule has 2 amide bonds. The van der Waals surface area contributed by atoms with Crippen molar-refractivity contribution in [3.63, 3.8) is 0 Å². The molecule has 1 heterocycles. The first-order valence-electron chi connectivity index (χ1n) is 12.6. The standard InChI is InChI=1S/C28H38N6O/c1-28(2,3)22-11-7-9-13-24(22)32-27(35)29-18-19-14-16-20(17-15-19)30-26-31-23-12-8-6-10-21(23)25(33-26)34(4)5/h6-13,19-20H,14-18H2,1-5H3,(H2,29,32,35)(H,30,31,33). The summed E-state index contributed by atoms with van der Waals surface area (Å²) >= 11 is 0. The van der Waals surface area contributed by atoms with Crippen molar-refractivity contribution >= 4 is 34.4 Å². The molecule has 0 aliphatic heterocycles. The van der Waals surface area contributed by atoms with Crippen molar-refractivity contribution in [2.75, 3.05) is 36.2 Å². The number of anilines is 3. The molecule has 7 nitrogen and oxygen atoms in total. The Morgan fingerprint density at radius 2 is 1.66 bits per heavy atom. The molecule has 1 aliphatic carbocycles. The number of para-hydroxylation sites is 2. The van der Waals surface area contributed by atoms with Crippen LogP contribution in [0.2, 0.25) is 0 Å². The summed E-state index contributed by atoms with van der Waals surface area (Å²) in [6.07, 6.45) is 4.19. The lowest BCUT2D eigenvalue weighted by Crippen LogP contribution is -2.36. The van der Waals surface area contributed by atoms with E-state index in [1.165, 1.54) is 0 Å². The van der Waals surface area contributed by atoms with Crippen LogP contribution in [0.1, 0.15) is 52.0 Å². The molecular formula is C28H38N6O. The summed E-state index contributed by atoms with van der Waals surface area (Å²) in [7, 11) is 4.02. The zero-order valence-corrected chi connectivity index (χ0v) is 21.6. The first-order chi connectivity index (χ1) is 16.7. The maximum Gasteiger partial charge on any atom is 0.319 e. The highest BCUT2D eigenvalue weighted by atomic mass is 16.2. The highest BCUT2D eigenvalue weighted by Gasteiger charge is 2.23. The molecule has 0 spiro atoms. The third-order valence-corrected chi connectivity index (χ3v) is 6.72. The number of hydrogen-bond acceptors (Lipinski definition) is 5. The molecule has 1 aromatic heterocycles. The van der Waals surface area contributed by atoms with Gasteiger partial charge in [-0.1, -0.05) is 51.1 Å². The second-order valence-corrected chi connectivity index (χ2v) is 10.8. The average Bonchev–Trinajstić information content (AvgIpc) is 2.82. The number of urea groups is 1. The quantitative estimate of drug-likeness (QED) is 0.421. The minimum atomic E-state index is -0.136. The molecule has 2 aromatic carbocycles. The maximum absolute atomic E-state index is 12.6. The van der Waals surface area contributed by atoms with Crippen LogP contribution >= 0.6 is 0 Å². The Bertz CT molecular complexity index is 1160. The first-order valence-corrected chi connectivity index (χ1v) is 12.6. The van der Waals surface area contributed by atoms with Gasteiger partial charge in [0.25, 0.3) is 0 Å². The predicted molar refractivity (Wildman–Crippen MR) is 145 cm³/mol. The fourth-order valence-electron chi connectivity index (χ4n) is 4.81. The maximum atomic E-state index is 12.6. The van der Waals surface area contributed by atoms with Crippen molar-refractivity contribution in [1.29, 1.82) is 0 Å². The number of nitrogens with zero attached hydrogens (tertiary/aromatic N) is 3. The molecule has 3 N–H and O–H groups in total. The van der Waals surface area contributed by atoms with Crippen molar-refractivity contribution in [3.05, 3.63) is 54.1 Å². The Kier molecular flexibility index (Phi) is 7.43. The molecule has 186 valence electrons. The van der Waals surface area contributed by atoms with Gasteiger partial charge in [0.15, 0.2) is 0 Å². The van der Waals surface area contributed by atoms with E-state index in [1.54, 1.807) is 0 Å². The fraction of sp³-hybridized carbons (Fsp3) is 0.464. The normalized spacial score (nSPS) is 18.2. The van der Waals surface area contributed by atoms with Gasteiger partial charge in [0, 0.05) is 37.8 Å². The summed E-state index contributed by atoms with van der Waals surface area (Å²) in [6.45, 7) is 7.15. The summed E-state index contributed by atoms with van der Waals surface area (Å²) in [5.74, 6) is 2.09. The van der Waals surface area contributed by atoms with Crippen LogP contribution in [0.5, 0.6) is 0 Å². The molecule has 0 bridgehead atoms. The van der Waals surface area contributed by atoms with Gasteiger partial charge in [-0.05, 0) is 60.8 Å². The van der Waals surface area contributed by atoms with E-state index >= 15 is 0 Å². The second-order valence-electron chi connectivity index (χ2n) is 10.8. The molecule has 0 radical (unpaired) electrons. The lowest BCUT2D eigenvalue weighted by molar-refractivity contribution is 0.246. The molecule has 1 saturated carbocycles. The van der Waals surface area contributed by atoms with Gasteiger partial charge in [-0.15, -0.1) is 0 Å². The molecule has 1 aliphatic rings. The van der Waals surface area contributed by atoms with E-state index in [4.69, 9.17) is 9.97 Å². The molecular weight excluding hydrogens is 436 g/mol. The third kappa shape index (κ3) is 6.21.